The average molecular weight is 453 g/mol. The molecule has 1 heterocycles. The Morgan fingerprint density at radius 1 is 1.45 bits per heavy atom. The molecule has 1 fully saturated rings. The lowest BCUT2D eigenvalue weighted by Crippen LogP contribution is -2.46. The average Bonchev–Trinajstić information content (AvgIpc) is 3.14. The van der Waals surface area contributed by atoms with Crippen LogP contribution in [0.25, 0.3) is 0 Å². The highest BCUT2D eigenvalue weighted by molar-refractivity contribution is 14.0. The smallest absolute Gasteiger partial charge is 0.191 e. The molecule has 0 aliphatic heterocycles. The van der Waals surface area contributed by atoms with E-state index in [2.05, 4.69) is 53.2 Å². The van der Waals surface area contributed by atoms with Crippen LogP contribution in [0.3, 0.4) is 0 Å². The third-order valence-electron chi connectivity index (χ3n) is 4.17. The lowest BCUT2D eigenvalue weighted by Gasteiger charge is -2.26. The molecule has 0 spiro atoms. The maximum absolute atomic E-state index is 4.38. The molecule has 0 amide bonds. The molecule has 1 saturated carbocycles. The molecule has 2 N–H and O–H groups in total. The first-order valence-corrected chi connectivity index (χ1v) is 9.76. The van der Waals surface area contributed by atoms with Crippen LogP contribution in [0.1, 0.15) is 38.0 Å². The highest BCUT2D eigenvalue weighted by Gasteiger charge is 2.26. The van der Waals surface area contributed by atoms with Crippen molar-refractivity contribution in [3.8, 4) is 0 Å². The van der Waals surface area contributed by atoms with Crippen molar-refractivity contribution in [2.75, 3.05) is 19.8 Å². The van der Waals surface area contributed by atoms with Crippen LogP contribution >= 0.6 is 47.1 Å². The number of nitrogens with one attached hydrogen (secondary N) is 2. The summed E-state index contributed by atoms with van der Waals surface area (Å²) in [5, 5.41) is 10.0. The Labute approximate surface area is 160 Å². The third-order valence-corrected chi connectivity index (χ3v) is 6.50. The van der Waals surface area contributed by atoms with Gasteiger partial charge in [-0.15, -0.1) is 35.3 Å². The normalized spacial score (nSPS) is 22.3. The Bertz CT molecular complexity index is 460. The van der Waals surface area contributed by atoms with Gasteiger partial charge in [0.25, 0.3) is 0 Å². The molecule has 1 aliphatic rings. The largest absolute Gasteiger partial charge is 0.356 e. The van der Waals surface area contributed by atoms with Gasteiger partial charge in [-0.2, -0.15) is 11.8 Å². The van der Waals surface area contributed by atoms with E-state index >= 15 is 0 Å². The monoisotopic (exact) mass is 453 g/mol. The summed E-state index contributed by atoms with van der Waals surface area (Å²) in [5.74, 6) is 0.936. The van der Waals surface area contributed by atoms with Crippen molar-refractivity contribution in [2.24, 2.45) is 4.99 Å². The molecule has 2 rings (SSSR count). The second-order valence-corrected chi connectivity index (χ2v) is 8.38. The van der Waals surface area contributed by atoms with Crippen molar-refractivity contribution in [2.45, 2.75) is 49.8 Å². The van der Waals surface area contributed by atoms with Gasteiger partial charge in [0.1, 0.15) is 0 Å². The zero-order chi connectivity index (χ0) is 15.3. The van der Waals surface area contributed by atoms with Gasteiger partial charge in [-0.3, -0.25) is 4.99 Å². The molecule has 1 aromatic heterocycles. The van der Waals surface area contributed by atoms with Gasteiger partial charge in [0, 0.05) is 35.2 Å². The third kappa shape index (κ3) is 5.60. The van der Waals surface area contributed by atoms with E-state index in [0.717, 1.165) is 17.8 Å². The number of halogens is 1. The van der Waals surface area contributed by atoms with Gasteiger partial charge < -0.3 is 10.6 Å². The number of hydrogen-bond donors (Lipinski definition) is 2. The summed E-state index contributed by atoms with van der Waals surface area (Å²) < 4.78 is 0. The van der Waals surface area contributed by atoms with Gasteiger partial charge in [-0.05, 0) is 37.0 Å². The molecular weight excluding hydrogens is 425 g/mol. The molecular formula is C16H28IN3S2. The van der Waals surface area contributed by atoms with Gasteiger partial charge in [-0.25, -0.2) is 0 Å². The van der Waals surface area contributed by atoms with E-state index in [1.807, 2.05) is 30.1 Å². The van der Waals surface area contributed by atoms with Crippen molar-refractivity contribution in [3.63, 3.8) is 0 Å². The molecule has 0 saturated heterocycles. The number of thiophene rings is 1. The molecule has 3 nitrogen and oxygen atoms in total. The Hall–Kier alpha value is 0.0500. The van der Waals surface area contributed by atoms with E-state index in [9.17, 15) is 0 Å². The van der Waals surface area contributed by atoms with Crippen LogP contribution in [0.4, 0.5) is 0 Å². The van der Waals surface area contributed by atoms with Crippen LogP contribution in [-0.2, 0) is 5.41 Å². The lowest BCUT2D eigenvalue weighted by atomic mass is 9.91. The standard InChI is InChI=1S/C16H27N3S2.HI/c1-16(2,14-6-5-9-21-14)11-18-15(17-3)19-12-7-8-13(10-12)20-4;/h5-6,9,12-13H,7-8,10-11H2,1-4H3,(H2,17,18,19);1H. The summed E-state index contributed by atoms with van der Waals surface area (Å²) in [6.07, 6.45) is 6.02. The highest BCUT2D eigenvalue weighted by atomic mass is 127. The van der Waals surface area contributed by atoms with Crippen molar-refractivity contribution in [1.82, 2.24) is 10.6 Å². The van der Waals surface area contributed by atoms with Gasteiger partial charge in [-0.1, -0.05) is 19.9 Å². The topological polar surface area (TPSA) is 36.4 Å². The summed E-state index contributed by atoms with van der Waals surface area (Å²) in [4.78, 5) is 5.79. The molecule has 2 unspecified atom stereocenters. The summed E-state index contributed by atoms with van der Waals surface area (Å²) in [5.41, 5.74) is 0.128. The summed E-state index contributed by atoms with van der Waals surface area (Å²) >= 11 is 3.81. The second kappa shape index (κ2) is 9.37. The van der Waals surface area contributed by atoms with E-state index in [4.69, 9.17) is 0 Å². The van der Waals surface area contributed by atoms with Crippen molar-refractivity contribution >= 4 is 53.0 Å². The van der Waals surface area contributed by atoms with Crippen LogP contribution in [0.5, 0.6) is 0 Å². The van der Waals surface area contributed by atoms with Gasteiger partial charge in [0.2, 0.25) is 0 Å². The van der Waals surface area contributed by atoms with Crippen LogP contribution < -0.4 is 10.6 Å². The maximum atomic E-state index is 4.38. The fourth-order valence-corrected chi connectivity index (χ4v) is 4.38. The van der Waals surface area contributed by atoms with Crippen LogP contribution in [0, 0.1) is 0 Å². The number of thioether (sulfide) groups is 1. The van der Waals surface area contributed by atoms with Crippen molar-refractivity contribution in [3.05, 3.63) is 22.4 Å². The zero-order valence-corrected chi connectivity index (χ0v) is 17.9. The van der Waals surface area contributed by atoms with Gasteiger partial charge in [0.15, 0.2) is 5.96 Å². The quantitative estimate of drug-likeness (QED) is 0.401. The van der Waals surface area contributed by atoms with E-state index < -0.39 is 0 Å². The second-order valence-electron chi connectivity index (χ2n) is 6.30. The Balaban J connectivity index is 0.00000242. The molecule has 22 heavy (non-hydrogen) atoms. The number of aliphatic imine (C=N–C) groups is 1. The molecule has 2 atom stereocenters. The Morgan fingerprint density at radius 2 is 2.23 bits per heavy atom. The molecule has 0 aromatic carbocycles. The number of nitrogens with zero attached hydrogens (tertiary/aromatic N) is 1. The van der Waals surface area contributed by atoms with E-state index in [1.165, 1.54) is 24.1 Å². The first kappa shape index (κ1) is 20.1. The van der Waals surface area contributed by atoms with Gasteiger partial charge >= 0.3 is 0 Å². The minimum Gasteiger partial charge on any atom is -0.356 e. The van der Waals surface area contributed by atoms with Crippen molar-refractivity contribution < 1.29 is 0 Å². The molecule has 126 valence electrons. The van der Waals surface area contributed by atoms with E-state index in [-0.39, 0.29) is 29.4 Å². The molecule has 6 heteroatoms. The minimum atomic E-state index is 0. The maximum Gasteiger partial charge on any atom is 0.191 e. The van der Waals surface area contributed by atoms with Crippen molar-refractivity contribution in [1.29, 1.82) is 0 Å². The SMILES string of the molecule is CN=C(NCC(C)(C)c1cccs1)NC1CCC(SC)C1.I. The van der Waals surface area contributed by atoms with Crippen LogP contribution in [0.15, 0.2) is 22.5 Å². The molecule has 0 radical (unpaired) electrons. The van der Waals surface area contributed by atoms with Gasteiger partial charge in [0.05, 0.1) is 0 Å². The van der Waals surface area contributed by atoms with E-state index in [0.29, 0.717) is 6.04 Å². The fraction of sp³-hybridized carbons (Fsp3) is 0.688. The van der Waals surface area contributed by atoms with Crippen LogP contribution in [-0.4, -0.2) is 37.1 Å². The Kier molecular flexibility index (Phi) is 8.56. The predicted molar refractivity (Wildman–Crippen MR) is 112 cm³/mol. The molecule has 1 aromatic rings. The predicted octanol–water partition coefficient (Wildman–Crippen LogP) is 4.09. The Morgan fingerprint density at radius 3 is 2.77 bits per heavy atom. The number of hydrogen-bond acceptors (Lipinski definition) is 3. The fourth-order valence-electron chi connectivity index (χ4n) is 2.73. The molecule has 0 bridgehead atoms. The zero-order valence-electron chi connectivity index (χ0n) is 13.9. The first-order chi connectivity index (χ1) is 10.0. The van der Waals surface area contributed by atoms with Crippen LogP contribution in [0.2, 0.25) is 0 Å². The minimum absolute atomic E-state index is 0. The summed E-state index contributed by atoms with van der Waals surface area (Å²) in [6, 6.07) is 4.90. The lowest BCUT2D eigenvalue weighted by molar-refractivity contribution is 0.512. The summed E-state index contributed by atoms with van der Waals surface area (Å²) in [6.45, 7) is 5.45. The summed E-state index contributed by atoms with van der Waals surface area (Å²) in [7, 11) is 1.86. The molecule has 1 aliphatic carbocycles. The number of rotatable bonds is 5. The first-order valence-electron chi connectivity index (χ1n) is 7.59. The van der Waals surface area contributed by atoms with E-state index in [1.54, 1.807) is 0 Å². The number of guanidine groups is 1. The highest BCUT2D eigenvalue weighted by Crippen LogP contribution is 2.28.